The van der Waals surface area contributed by atoms with Gasteiger partial charge in [0.05, 0.1) is 5.92 Å². The molecule has 0 saturated carbocycles. The molecule has 1 aromatic carbocycles. The number of nitrogens with zero attached hydrogens (tertiary/aromatic N) is 1. The van der Waals surface area contributed by atoms with Crippen molar-refractivity contribution in [3.63, 3.8) is 0 Å². The highest BCUT2D eigenvalue weighted by Gasteiger charge is 2.30. The van der Waals surface area contributed by atoms with Crippen LogP contribution in [0.25, 0.3) is 0 Å². The van der Waals surface area contributed by atoms with E-state index in [4.69, 9.17) is 0 Å². The molecule has 1 aliphatic heterocycles. The fraction of sp³-hybridized carbons (Fsp3) is 0.600. The average molecular weight is 330 g/mol. The van der Waals surface area contributed by atoms with Gasteiger partial charge in [0, 0.05) is 25.6 Å². The number of likely N-dealkylation sites (tertiary alicyclic amines) is 1. The molecule has 4 nitrogen and oxygen atoms in total. The van der Waals surface area contributed by atoms with Gasteiger partial charge in [-0.2, -0.15) is 0 Å². The van der Waals surface area contributed by atoms with E-state index in [0.29, 0.717) is 13.1 Å². The fourth-order valence-electron chi connectivity index (χ4n) is 3.38. The molecule has 24 heavy (non-hydrogen) atoms. The van der Waals surface area contributed by atoms with Crippen LogP contribution >= 0.6 is 0 Å². The summed E-state index contributed by atoms with van der Waals surface area (Å²) in [5, 5.41) is 2.97. The van der Waals surface area contributed by atoms with Gasteiger partial charge in [0.2, 0.25) is 11.8 Å². The molecule has 4 heteroatoms. The van der Waals surface area contributed by atoms with E-state index in [1.54, 1.807) is 0 Å². The molecule has 0 radical (unpaired) electrons. The van der Waals surface area contributed by atoms with Gasteiger partial charge in [0.1, 0.15) is 0 Å². The lowest BCUT2D eigenvalue weighted by atomic mass is 9.90. The fourth-order valence-corrected chi connectivity index (χ4v) is 3.38. The molecule has 2 rings (SSSR count). The van der Waals surface area contributed by atoms with Crippen LogP contribution in [0.5, 0.6) is 0 Å². The highest BCUT2D eigenvalue weighted by atomic mass is 16.2. The van der Waals surface area contributed by atoms with Gasteiger partial charge in [-0.1, -0.05) is 50.6 Å². The predicted molar refractivity (Wildman–Crippen MR) is 96.7 cm³/mol. The molecule has 0 aromatic heterocycles. The molecule has 1 N–H and O–H groups in total. The zero-order valence-corrected chi connectivity index (χ0v) is 15.0. The molecule has 0 aliphatic carbocycles. The van der Waals surface area contributed by atoms with Crippen molar-refractivity contribution in [2.75, 3.05) is 19.6 Å². The number of carbonyl (C=O) groups excluding carboxylic acids is 2. The first-order chi connectivity index (χ1) is 11.7. The van der Waals surface area contributed by atoms with Crippen LogP contribution in [0.2, 0.25) is 0 Å². The molecule has 1 unspecified atom stereocenters. The maximum Gasteiger partial charge on any atom is 0.230 e. The smallest absolute Gasteiger partial charge is 0.230 e. The molecule has 1 aliphatic rings. The van der Waals surface area contributed by atoms with Crippen molar-refractivity contribution in [2.24, 2.45) is 5.92 Å². The van der Waals surface area contributed by atoms with Crippen molar-refractivity contribution in [2.45, 2.75) is 51.9 Å². The third-order valence-corrected chi connectivity index (χ3v) is 4.80. The van der Waals surface area contributed by atoms with Crippen molar-refractivity contribution in [3.8, 4) is 0 Å². The van der Waals surface area contributed by atoms with Crippen LogP contribution in [0.1, 0.15) is 57.4 Å². The minimum absolute atomic E-state index is 0.0540. The van der Waals surface area contributed by atoms with Crippen LogP contribution in [-0.2, 0) is 9.59 Å². The molecule has 0 spiro atoms. The summed E-state index contributed by atoms with van der Waals surface area (Å²) in [5.41, 5.74) is 1.10. The molecule has 132 valence electrons. The summed E-state index contributed by atoms with van der Waals surface area (Å²) >= 11 is 0. The molecule has 1 atom stereocenters. The van der Waals surface area contributed by atoms with Crippen LogP contribution in [0.3, 0.4) is 0 Å². The second-order valence-corrected chi connectivity index (χ2v) is 6.64. The topological polar surface area (TPSA) is 49.4 Å². The highest BCUT2D eigenvalue weighted by Crippen LogP contribution is 2.26. The number of rotatable bonds is 7. The maximum absolute atomic E-state index is 13.0. The lowest BCUT2D eigenvalue weighted by Gasteiger charge is -2.34. The normalized spacial score (nSPS) is 16.7. The van der Waals surface area contributed by atoms with Gasteiger partial charge < -0.3 is 10.2 Å². The first-order valence-electron chi connectivity index (χ1n) is 9.28. The number of amides is 2. The highest BCUT2D eigenvalue weighted by molar-refractivity contribution is 5.84. The molecule has 1 saturated heterocycles. The summed E-state index contributed by atoms with van der Waals surface area (Å²) in [6.45, 7) is 6.29. The number of piperidine rings is 1. The minimum Gasteiger partial charge on any atom is -0.356 e. The Morgan fingerprint density at radius 2 is 1.79 bits per heavy atom. The van der Waals surface area contributed by atoms with Crippen molar-refractivity contribution < 1.29 is 9.59 Å². The molecule has 1 heterocycles. The Morgan fingerprint density at radius 3 is 2.38 bits per heavy atom. The Hall–Kier alpha value is -1.84. The van der Waals surface area contributed by atoms with Gasteiger partial charge in [-0.05, 0) is 31.2 Å². The van der Waals surface area contributed by atoms with Crippen molar-refractivity contribution in [1.29, 1.82) is 0 Å². The Balaban J connectivity index is 1.94. The lowest BCUT2D eigenvalue weighted by Crippen LogP contribution is -2.44. The summed E-state index contributed by atoms with van der Waals surface area (Å²) in [5.74, 6) is 0.371. The van der Waals surface area contributed by atoms with E-state index in [2.05, 4.69) is 19.2 Å². The molecular formula is C20H30N2O2. The molecule has 1 fully saturated rings. The van der Waals surface area contributed by atoms with Crippen LogP contribution in [-0.4, -0.2) is 36.3 Å². The van der Waals surface area contributed by atoms with Crippen LogP contribution in [0, 0.1) is 5.92 Å². The predicted octanol–water partition coefficient (Wildman–Crippen LogP) is 3.34. The quantitative estimate of drug-likeness (QED) is 0.833. The van der Waals surface area contributed by atoms with E-state index >= 15 is 0 Å². The number of hydrogen-bond acceptors (Lipinski definition) is 2. The van der Waals surface area contributed by atoms with E-state index in [1.165, 1.54) is 0 Å². The Labute approximate surface area is 145 Å². The largest absolute Gasteiger partial charge is 0.356 e. The Kier molecular flexibility index (Phi) is 7.29. The van der Waals surface area contributed by atoms with Crippen LogP contribution < -0.4 is 5.32 Å². The molecule has 0 bridgehead atoms. The number of carbonyl (C=O) groups is 2. The van der Waals surface area contributed by atoms with Crippen LogP contribution in [0.4, 0.5) is 0 Å². The summed E-state index contributed by atoms with van der Waals surface area (Å²) in [7, 11) is 0. The zero-order valence-electron chi connectivity index (χ0n) is 15.0. The van der Waals surface area contributed by atoms with Gasteiger partial charge in [0.25, 0.3) is 0 Å². The third-order valence-electron chi connectivity index (χ3n) is 4.80. The number of nitrogens with one attached hydrogen (secondary N) is 1. The maximum atomic E-state index is 13.0. The third kappa shape index (κ3) is 4.83. The summed E-state index contributed by atoms with van der Waals surface area (Å²) in [6, 6.07) is 10.1. The van der Waals surface area contributed by atoms with Gasteiger partial charge in [0.15, 0.2) is 0 Å². The SMILES string of the molecule is CCCNC(=O)C1CCN(C(=O)C(CCC)c2ccccc2)CC1. The minimum atomic E-state index is -0.0540. The van der Waals surface area contributed by atoms with Crippen LogP contribution in [0.15, 0.2) is 30.3 Å². The van der Waals surface area contributed by atoms with E-state index < -0.39 is 0 Å². The summed E-state index contributed by atoms with van der Waals surface area (Å²) in [6.07, 6.45) is 4.36. The van der Waals surface area contributed by atoms with E-state index in [0.717, 1.165) is 44.2 Å². The number of benzene rings is 1. The van der Waals surface area contributed by atoms with Gasteiger partial charge in [-0.25, -0.2) is 0 Å². The molecular weight excluding hydrogens is 300 g/mol. The monoisotopic (exact) mass is 330 g/mol. The zero-order chi connectivity index (χ0) is 17.4. The lowest BCUT2D eigenvalue weighted by molar-refractivity contribution is -0.137. The van der Waals surface area contributed by atoms with Crippen molar-refractivity contribution in [1.82, 2.24) is 10.2 Å². The first-order valence-corrected chi connectivity index (χ1v) is 9.28. The van der Waals surface area contributed by atoms with E-state index in [9.17, 15) is 9.59 Å². The standard InChI is InChI=1S/C20H30N2O2/c1-3-8-18(16-9-6-5-7-10-16)20(24)22-14-11-17(12-15-22)19(23)21-13-4-2/h5-7,9-10,17-18H,3-4,8,11-15H2,1-2H3,(H,21,23). The van der Waals surface area contributed by atoms with Crippen molar-refractivity contribution in [3.05, 3.63) is 35.9 Å². The Bertz CT molecular complexity index is 522. The first kappa shape index (κ1) is 18.5. The second kappa shape index (κ2) is 9.45. The van der Waals surface area contributed by atoms with Gasteiger partial charge >= 0.3 is 0 Å². The molecule has 1 aromatic rings. The average Bonchev–Trinajstić information content (AvgIpc) is 2.64. The van der Waals surface area contributed by atoms with E-state index in [-0.39, 0.29) is 23.7 Å². The second-order valence-electron chi connectivity index (χ2n) is 6.64. The van der Waals surface area contributed by atoms with Gasteiger partial charge in [-0.15, -0.1) is 0 Å². The van der Waals surface area contributed by atoms with E-state index in [1.807, 2.05) is 35.2 Å². The summed E-state index contributed by atoms with van der Waals surface area (Å²) in [4.78, 5) is 27.0. The number of hydrogen-bond donors (Lipinski definition) is 1. The van der Waals surface area contributed by atoms with Gasteiger partial charge in [-0.3, -0.25) is 9.59 Å². The van der Waals surface area contributed by atoms with Crippen molar-refractivity contribution >= 4 is 11.8 Å². The Morgan fingerprint density at radius 1 is 1.12 bits per heavy atom. The molecule has 2 amide bonds. The summed E-state index contributed by atoms with van der Waals surface area (Å²) < 4.78 is 0.